The quantitative estimate of drug-likeness (QED) is 0.0575. The van der Waals surface area contributed by atoms with E-state index in [1.54, 1.807) is 0 Å². The Morgan fingerprint density at radius 2 is 0.750 bits per heavy atom. The molecule has 0 radical (unpaired) electrons. The molecule has 0 saturated carbocycles. The molecular formula is C46H64N2O4. The van der Waals surface area contributed by atoms with Crippen LogP contribution in [0.1, 0.15) is 130 Å². The lowest BCUT2D eigenvalue weighted by Gasteiger charge is -2.16. The number of hydrogen-bond acceptors (Lipinski definition) is 6. The Balaban J connectivity index is 1.57. The third-order valence-corrected chi connectivity index (χ3v) is 9.35. The van der Waals surface area contributed by atoms with Crippen LogP contribution in [-0.2, 0) is 0 Å². The molecule has 0 aliphatic rings. The Labute approximate surface area is 314 Å². The van der Waals surface area contributed by atoms with Gasteiger partial charge < -0.3 is 18.9 Å². The van der Waals surface area contributed by atoms with Gasteiger partial charge in [0.1, 0.15) is 23.0 Å². The van der Waals surface area contributed by atoms with E-state index in [4.69, 9.17) is 28.9 Å². The van der Waals surface area contributed by atoms with Crippen LogP contribution in [0.25, 0.3) is 33.6 Å². The molecule has 0 unspecified atom stereocenters. The zero-order valence-electron chi connectivity index (χ0n) is 32.6. The summed E-state index contributed by atoms with van der Waals surface area (Å²) in [7, 11) is 0. The number of pyridine rings is 2. The predicted molar refractivity (Wildman–Crippen MR) is 217 cm³/mol. The Morgan fingerprint density at radius 3 is 1.12 bits per heavy atom. The van der Waals surface area contributed by atoms with Crippen molar-refractivity contribution in [3.8, 4) is 56.6 Å². The monoisotopic (exact) mass is 708 g/mol. The highest BCUT2D eigenvalue weighted by Gasteiger charge is 2.14. The summed E-state index contributed by atoms with van der Waals surface area (Å²) in [6, 6.07) is 20.8. The van der Waals surface area contributed by atoms with Gasteiger partial charge in [-0.25, -0.2) is 0 Å². The van der Waals surface area contributed by atoms with Crippen molar-refractivity contribution in [2.75, 3.05) is 26.4 Å². The molecule has 6 nitrogen and oxygen atoms in total. The largest absolute Gasteiger partial charge is 0.493 e. The second kappa shape index (κ2) is 24.2. The molecular weight excluding hydrogens is 645 g/mol. The van der Waals surface area contributed by atoms with Crippen LogP contribution in [0.3, 0.4) is 0 Å². The van der Waals surface area contributed by atoms with Gasteiger partial charge in [-0.15, -0.1) is 0 Å². The summed E-state index contributed by atoms with van der Waals surface area (Å²) in [6.07, 6.45) is 22.4. The number of hydrogen-bond donors (Lipinski definition) is 0. The zero-order chi connectivity index (χ0) is 36.6. The Morgan fingerprint density at radius 1 is 0.385 bits per heavy atom. The summed E-state index contributed by atoms with van der Waals surface area (Å²) in [5, 5.41) is 0. The van der Waals surface area contributed by atoms with E-state index in [9.17, 15) is 0 Å². The maximum absolute atomic E-state index is 6.42. The number of benzene rings is 2. The minimum absolute atomic E-state index is 0.681. The number of ether oxygens (including phenoxy) is 4. The Kier molecular flexibility index (Phi) is 19.0. The maximum Gasteiger partial charge on any atom is 0.130 e. The normalized spacial score (nSPS) is 11.1. The van der Waals surface area contributed by atoms with E-state index < -0.39 is 0 Å². The first-order chi connectivity index (χ1) is 25.7. The van der Waals surface area contributed by atoms with Crippen LogP contribution in [0.4, 0.5) is 0 Å². The van der Waals surface area contributed by atoms with Crippen molar-refractivity contribution >= 4 is 0 Å². The highest BCUT2D eigenvalue weighted by molar-refractivity contribution is 5.77. The number of unbranched alkanes of at least 4 members (excludes halogenated alkanes) is 12. The van der Waals surface area contributed by atoms with Crippen LogP contribution in [0, 0.1) is 0 Å². The van der Waals surface area contributed by atoms with Crippen LogP contribution in [0.2, 0.25) is 0 Å². The molecule has 0 fully saturated rings. The van der Waals surface area contributed by atoms with Crippen LogP contribution >= 0.6 is 0 Å². The summed E-state index contributed by atoms with van der Waals surface area (Å²) in [5.41, 5.74) is 5.73. The first-order valence-electron chi connectivity index (χ1n) is 20.4. The van der Waals surface area contributed by atoms with Crippen molar-refractivity contribution in [2.45, 2.75) is 130 Å². The molecule has 282 valence electrons. The summed E-state index contributed by atoms with van der Waals surface area (Å²) < 4.78 is 25.1. The third-order valence-electron chi connectivity index (χ3n) is 9.35. The fraction of sp³-hybridized carbons (Fsp3) is 0.522. The molecule has 0 N–H and O–H groups in total. The van der Waals surface area contributed by atoms with Gasteiger partial charge in [0.25, 0.3) is 0 Å². The molecule has 0 atom stereocenters. The van der Waals surface area contributed by atoms with Crippen molar-refractivity contribution in [1.82, 2.24) is 9.97 Å². The zero-order valence-corrected chi connectivity index (χ0v) is 32.6. The maximum atomic E-state index is 6.42. The fourth-order valence-electron chi connectivity index (χ4n) is 6.24. The van der Waals surface area contributed by atoms with Gasteiger partial charge in [-0.05, 0) is 85.3 Å². The first kappa shape index (κ1) is 40.7. The van der Waals surface area contributed by atoms with Gasteiger partial charge in [-0.2, -0.15) is 0 Å². The second-order valence-electron chi connectivity index (χ2n) is 13.8. The Hall–Kier alpha value is -4.06. The van der Waals surface area contributed by atoms with E-state index >= 15 is 0 Å². The van der Waals surface area contributed by atoms with Gasteiger partial charge in [-0.3, -0.25) is 9.97 Å². The number of rotatable bonds is 27. The second-order valence-corrected chi connectivity index (χ2v) is 13.8. The average Bonchev–Trinajstić information content (AvgIpc) is 3.18. The standard InChI is InChI=1S/C46H64N2O4/c1-5-9-13-17-29-49-39-21-23-41(45(35-39)51-31-19-15-11-7-3)37-25-27-47-43(33-37)44-34-38(26-28-48-44)42-24-22-40(50-30-18-14-10-6-2)36-46(42)52-32-20-16-12-8-4/h21-28,33-36H,5-20,29-32H2,1-4H3. The van der Waals surface area contributed by atoms with Gasteiger partial charge in [0, 0.05) is 35.7 Å². The van der Waals surface area contributed by atoms with Crippen molar-refractivity contribution in [3.05, 3.63) is 73.1 Å². The van der Waals surface area contributed by atoms with Gasteiger partial charge in [-0.1, -0.05) is 105 Å². The molecule has 0 spiro atoms. The molecule has 4 rings (SSSR count). The summed E-state index contributed by atoms with van der Waals surface area (Å²) in [4.78, 5) is 9.54. The number of aromatic nitrogens is 2. The highest BCUT2D eigenvalue weighted by Crippen LogP contribution is 2.37. The van der Waals surface area contributed by atoms with Gasteiger partial charge in [0.05, 0.1) is 37.8 Å². The Bertz CT molecular complexity index is 1460. The van der Waals surface area contributed by atoms with E-state index in [1.807, 2.05) is 24.5 Å². The lowest BCUT2D eigenvalue weighted by molar-refractivity contribution is 0.291. The summed E-state index contributed by atoms with van der Waals surface area (Å²) in [6.45, 7) is 11.7. The van der Waals surface area contributed by atoms with E-state index in [1.165, 1.54) is 77.0 Å². The predicted octanol–water partition coefficient (Wildman–Crippen LogP) is 13.3. The fourth-order valence-corrected chi connectivity index (χ4v) is 6.24. The van der Waals surface area contributed by atoms with Gasteiger partial charge in [0.2, 0.25) is 0 Å². The van der Waals surface area contributed by atoms with Crippen molar-refractivity contribution in [2.24, 2.45) is 0 Å². The lowest BCUT2D eigenvalue weighted by Crippen LogP contribution is -2.02. The van der Waals surface area contributed by atoms with E-state index in [-0.39, 0.29) is 0 Å². The SMILES string of the molecule is CCCCCCOc1ccc(-c2ccnc(-c3cc(-c4ccc(OCCCCCC)cc4OCCCCCC)ccn3)c2)c(OCCCCCC)c1. The molecule has 2 aromatic carbocycles. The van der Waals surface area contributed by atoms with Crippen LogP contribution in [0.15, 0.2) is 73.1 Å². The summed E-state index contributed by atoms with van der Waals surface area (Å²) >= 11 is 0. The summed E-state index contributed by atoms with van der Waals surface area (Å²) in [5.74, 6) is 3.39. The molecule has 52 heavy (non-hydrogen) atoms. The molecule has 0 aliphatic carbocycles. The highest BCUT2D eigenvalue weighted by atomic mass is 16.5. The molecule has 0 amide bonds. The first-order valence-corrected chi connectivity index (χ1v) is 20.4. The van der Waals surface area contributed by atoms with Crippen LogP contribution in [0.5, 0.6) is 23.0 Å². The van der Waals surface area contributed by atoms with Crippen LogP contribution < -0.4 is 18.9 Å². The van der Waals surface area contributed by atoms with E-state index in [2.05, 4.69) is 76.2 Å². The topological polar surface area (TPSA) is 62.7 Å². The third kappa shape index (κ3) is 13.8. The van der Waals surface area contributed by atoms with E-state index in [0.29, 0.717) is 13.2 Å². The minimum atomic E-state index is 0.681. The van der Waals surface area contributed by atoms with E-state index in [0.717, 1.165) is 95.5 Å². The molecule has 0 saturated heterocycles. The smallest absolute Gasteiger partial charge is 0.130 e. The molecule has 0 aliphatic heterocycles. The molecule has 2 aromatic heterocycles. The molecule has 0 bridgehead atoms. The average molecular weight is 709 g/mol. The lowest BCUT2D eigenvalue weighted by atomic mass is 10.0. The molecule has 4 aromatic rings. The van der Waals surface area contributed by atoms with Gasteiger partial charge in [0.15, 0.2) is 0 Å². The molecule has 2 heterocycles. The molecule has 6 heteroatoms. The van der Waals surface area contributed by atoms with Crippen molar-refractivity contribution in [3.63, 3.8) is 0 Å². The number of nitrogens with zero attached hydrogens (tertiary/aromatic N) is 2. The van der Waals surface area contributed by atoms with Crippen molar-refractivity contribution in [1.29, 1.82) is 0 Å². The van der Waals surface area contributed by atoms with Crippen molar-refractivity contribution < 1.29 is 18.9 Å². The van der Waals surface area contributed by atoms with Gasteiger partial charge >= 0.3 is 0 Å². The van der Waals surface area contributed by atoms with Crippen LogP contribution in [-0.4, -0.2) is 36.4 Å². The minimum Gasteiger partial charge on any atom is -0.493 e.